The lowest BCUT2D eigenvalue weighted by Gasteiger charge is -2.40. The van der Waals surface area contributed by atoms with Crippen LogP contribution in [0.3, 0.4) is 0 Å². The molecule has 0 spiro atoms. The summed E-state index contributed by atoms with van der Waals surface area (Å²) in [5.74, 6) is 0.642. The maximum absolute atomic E-state index is 14.0. The molecule has 2 bridgehead atoms. The van der Waals surface area contributed by atoms with Crippen LogP contribution in [0.4, 0.5) is 24.9 Å². The van der Waals surface area contributed by atoms with Crippen LogP contribution in [0.15, 0.2) is 35.1 Å². The molecule has 2 saturated heterocycles. The van der Waals surface area contributed by atoms with Crippen molar-refractivity contribution in [2.75, 3.05) is 29.4 Å². The van der Waals surface area contributed by atoms with E-state index in [0.717, 1.165) is 18.4 Å². The van der Waals surface area contributed by atoms with Gasteiger partial charge in [-0.25, -0.2) is 0 Å². The number of hydrogen-bond acceptors (Lipinski definition) is 5. The van der Waals surface area contributed by atoms with E-state index in [2.05, 4.69) is 0 Å². The van der Waals surface area contributed by atoms with Crippen molar-refractivity contribution in [3.8, 4) is 0 Å². The monoisotopic (exact) mass is 462 g/mol. The van der Waals surface area contributed by atoms with E-state index in [1.807, 2.05) is 35.2 Å². The van der Waals surface area contributed by atoms with Gasteiger partial charge in [0.1, 0.15) is 11.9 Å². The third-order valence-electron chi connectivity index (χ3n) is 7.04. The first-order valence-electron chi connectivity index (χ1n) is 11.7. The fraction of sp³-hybridized carbons (Fsp3) is 0.583. The maximum Gasteiger partial charge on any atom is 0.408 e. The second-order valence-corrected chi connectivity index (χ2v) is 9.31. The van der Waals surface area contributed by atoms with Crippen LogP contribution in [0.2, 0.25) is 0 Å². The Morgan fingerprint density at radius 1 is 1.09 bits per heavy atom. The van der Waals surface area contributed by atoms with Crippen molar-refractivity contribution in [3.05, 3.63) is 51.8 Å². The molecule has 33 heavy (non-hydrogen) atoms. The highest BCUT2D eigenvalue weighted by Gasteiger charge is 2.47. The van der Waals surface area contributed by atoms with Crippen molar-refractivity contribution in [1.29, 1.82) is 0 Å². The quantitative estimate of drug-likeness (QED) is 0.679. The number of alkyl halides is 3. The third kappa shape index (κ3) is 4.35. The van der Waals surface area contributed by atoms with E-state index in [1.54, 1.807) is 6.92 Å². The molecule has 5 rings (SSSR count). The Hall–Kier alpha value is -2.55. The summed E-state index contributed by atoms with van der Waals surface area (Å²) >= 11 is 0. The number of benzene rings is 1. The Bertz CT molecular complexity index is 1040. The molecule has 0 aliphatic carbocycles. The topological polar surface area (TPSA) is 50.6 Å². The number of rotatable bonds is 5. The largest absolute Gasteiger partial charge is 0.408 e. The molecule has 4 heterocycles. The van der Waals surface area contributed by atoms with Crippen LogP contribution in [-0.4, -0.2) is 53.6 Å². The van der Waals surface area contributed by atoms with Gasteiger partial charge < -0.3 is 14.5 Å². The van der Waals surface area contributed by atoms with Crippen molar-refractivity contribution in [2.45, 2.75) is 70.0 Å². The smallest absolute Gasteiger partial charge is 0.371 e. The number of fused-ring (bicyclic) bond motifs is 3. The fourth-order valence-electron chi connectivity index (χ4n) is 5.39. The average molecular weight is 463 g/mol. The van der Waals surface area contributed by atoms with Gasteiger partial charge in [0.15, 0.2) is 0 Å². The van der Waals surface area contributed by atoms with Crippen molar-refractivity contribution in [3.63, 3.8) is 0 Å². The van der Waals surface area contributed by atoms with Crippen LogP contribution >= 0.6 is 0 Å². The zero-order valence-corrected chi connectivity index (χ0v) is 18.7. The molecule has 1 aromatic carbocycles. The van der Waals surface area contributed by atoms with Gasteiger partial charge in [0.05, 0.1) is 17.8 Å². The first kappa shape index (κ1) is 22.3. The number of aryl methyl sites for hydroxylation is 1. The van der Waals surface area contributed by atoms with Crippen LogP contribution in [0.5, 0.6) is 0 Å². The van der Waals surface area contributed by atoms with Crippen molar-refractivity contribution in [2.24, 2.45) is 0 Å². The summed E-state index contributed by atoms with van der Waals surface area (Å²) in [5.41, 5.74) is 1.33. The summed E-state index contributed by atoms with van der Waals surface area (Å²) in [6.45, 7) is 3.16. The second kappa shape index (κ2) is 8.66. The normalized spacial score (nSPS) is 24.8. The number of nitrogens with zero attached hydrogens (tertiary/aromatic N) is 4. The Morgan fingerprint density at radius 2 is 1.79 bits per heavy atom. The fourth-order valence-corrected chi connectivity index (χ4v) is 5.39. The lowest BCUT2D eigenvalue weighted by atomic mass is 10.1. The summed E-state index contributed by atoms with van der Waals surface area (Å²) in [6, 6.07) is 8.08. The van der Waals surface area contributed by atoms with Crippen LogP contribution in [0, 0.1) is 6.92 Å². The number of anilines is 2. The van der Waals surface area contributed by atoms with E-state index in [1.165, 1.54) is 9.47 Å². The number of ether oxygens (including phenoxy) is 1. The summed E-state index contributed by atoms with van der Waals surface area (Å²) in [7, 11) is 0. The molecule has 3 aliphatic rings. The number of morpholine rings is 1. The highest BCUT2D eigenvalue weighted by Crippen LogP contribution is 2.36. The average Bonchev–Trinajstić information content (AvgIpc) is 3.13. The van der Waals surface area contributed by atoms with Gasteiger partial charge in [0.25, 0.3) is 5.56 Å². The van der Waals surface area contributed by atoms with E-state index in [9.17, 15) is 18.0 Å². The van der Waals surface area contributed by atoms with Gasteiger partial charge in [0, 0.05) is 26.2 Å². The summed E-state index contributed by atoms with van der Waals surface area (Å²) in [5, 5.41) is 0. The summed E-state index contributed by atoms with van der Waals surface area (Å²) in [6.07, 6.45) is -1.22. The second-order valence-electron chi connectivity index (χ2n) is 9.31. The summed E-state index contributed by atoms with van der Waals surface area (Å²) in [4.78, 5) is 21.3. The SMILES string of the molecule is Cc1c(N2CC3CCC(C2)O3)nc2n(c1=O)CC[C@@H](C(F)(F)F)N2CCCc1ccccc1. The van der Waals surface area contributed by atoms with E-state index in [-0.39, 0.29) is 43.2 Å². The third-order valence-corrected chi connectivity index (χ3v) is 7.04. The van der Waals surface area contributed by atoms with Gasteiger partial charge >= 0.3 is 6.18 Å². The molecule has 2 aromatic rings. The molecule has 9 heteroatoms. The van der Waals surface area contributed by atoms with Gasteiger partial charge in [-0.15, -0.1) is 0 Å². The summed E-state index contributed by atoms with van der Waals surface area (Å²) < 4.78 is 49.3. The molecule has 6 nitrogen and oxygen atoms in total. The molecule has 0 amide bonds. The first-order valence-corrected chi connectivity index (χ1v) is 11.7. The molecule has 3 atom stereocenters. The molecule has 3 aliphatic heterocycles. The minimum Gasteiger partial charge on any atom is -0.371 e. The molecule has 1 aromatic heterocycles. The Labute approximate surface area is 191 Å². The van der Waals surface area contributed by atoms with Crippen molar-refractivity contribution >= 4 is 11.8 Å². The Balaban J connectivity index is 1.47. The molecular formula is C24H29F3N4O2. The van der Waals surface area contributed by atoms with E-state index in [4.69, 9.17) is 9.72 Å². The predicted octanol–water partition coefficient (Wildman–Crippen LogP) is 3.69. The highest BCUT2D eigenvalue weighted by molar-refractivity contribution is 5.52. The van der Waals surface area contributed by atoms with Crippen LogP contribution < -0.4 is 15.4 Å². The van der Waals surface area contributed by atoms with Gasteiger partial charge in [-0.3, -0.25) is 9.36 Å². The molecule has 0 saturated carbocycles. The zero-order chi connectivity index (χ0) is 23.2. The van der Waals surface area contributed by atoms with Crippen molar-refractivity contribution < 1.29 is 17.9 Å². The molecule has 2 unspecified atom stereocenters. The molecule has 0 radical (unpaired) electrons. The zero-order valence-electron chi connectivity index (χ0n) is 18.7. The Morgan fingerprint density at radius 3 is 2.45 bits per heavy atom. The minimum absolute atomic E-state index is 0.0238. The maximum atomic E-state index is 14.0. The van der Waals surface area contributed by atoms with E-state index < -0.39 is 12.2 Å². The van der Waals surface area contributed by atoms with Gasteiger partial charge in [-0.1, -0.05) is 30.3 Å². The molecule has 178 valence electrons. The number of aromatic nitrogens is 2. The number of halogens is 3. The Kier molecular flexibility index (Phi) is 5.84. The van der Waals surface area contributed by atoms with Gasteiger partial charge in [-0.2, -0.15) is 18.2 Å². The van der Waals surface area contributed by atoms with Crippen LogP contribution in [-0.2, 0) is 17.7 Å². The molecular weight excluding hydrogens is 433 g/mol. The first-order chi connectivity index (χ1) is 15.8. The number of hydrogen-bond donors (Lipinski definition) is 0. The van der Waals surface area contributed by atoms with Gasteiger partial charge in [-0.05, 0) is 44.6 Å². The standard InChI is InChI=1S/C24H29F3N4O2/c1-16-21(29-14-18-9-10-19(15-29)33-18)28-23-30(12-5-8-17-6-3-2-4-7-17)20(24(25,26)27)11-13-31(23)22(16)32/h2-4,6-7,18-20H,5,8-15H2,1H3/t18?,19?,20-/m0/s1. The lowest BCUT2D eigenvalue weighted by molar-refractivity contribution is -0.152. The van der Waals surface area contributed by atoms with E-state index in [0.29, 0.717) is 37.3 Å². The van der Waals surface area contributed by atoms with Gasteiger partial charge in [0.2, 0.25) is 5.95 Å². The predicted molar refractivity (Wildman–Crippen MR) is 120 cm³/mol. The minimum atomic E-state index is -4.39. The molecule has 0 N–H and O–H groups in total. The molecule has 2 fully saturated rings. The van der Waals surface area contributed by atoms with E-state index >= 15 is 0 Å². The lowest BCUT2D eigenvalue weighted by Crippen LogP contribution is -2.53. The van der Waals surface area contributed by atoms with Crippen LogP contribution in [0.1, 0.15) is 36.8 Å². The van der Waals surface area contributed by atoms with Crippen LogP contribution in [0.25, 0.3) is 0 Å². The highest BCUT2D eigenvalue weighted by atomic mass is 19.4. The van der Waals surface area contributed by atoms with Crippen molar-refractivity contribution in [1.82, 2.24) is 9.55 Å².